The van der Waals surface area contributed by atoms with Crippen LogP contribution in [-0.2, 0) is 4.79 Å². The van der Waals surface area contributed by atoms with Gasteiger partial charge in [-0.25, -0.2) is 14.4 Å². The second-order valence-electron chi connectivity index (χ2n) is 6.20. The van der Waals surface area contributed by atoms with Crippen molar-refractivity contribution >= 4 is 11.6 Å². The van der Waals surface area contributed by atoms with Crippen LogP contribution in [0.15, 0.2) is 54.9 Å². The lowest BCUT2D eigenvalue weighted by Crippen LogP contribution is -2.34. The van der Waals surface area contributed by atoms with Crippen molar-refractivity contribution in [2.45, 2.75) is 12.8 Å². The van der Waals surface area contributed by atoms with Crippen LogP contribution in [0, 0.1) is 5.82 Å². The Labute approximate surface area is 150 Å². The van der Waals surface area contributed by atoms with Crippen molar-refractivity contribution in [3.8, 4) is 22.6 Å². The number of halogens is 1. The largest absolute Gasteiger partial charge is 0.356 e. The molecule has 6 heteroatoms. The number of nitrogens with zero attached hydrogens (tertiary/aromatic N) is 4. The molecule has 2 aromatic heterocycles. The normalized spacial score (nSPS) is 14.5. The van der Waals surface area contributed by atoms with Gasteiger partial charge in [-0.2, -0.15) is 0 Å². The van der Waals surface area contributed by atoms with Crippen LogP contribution in [0.4, 0.5) is 10.2 Å². The highest BCUT2D eigenvalue weighted by Gasteiger charge is 2.19. The third-order valence-corrected chi connectivity index (χ3v) is 4.44. The molecule has 3 heterocycles. The van der Waals surface area contributed by atoms with Gasteiger partial charge in [0.1, 0.15) is 17.4 Å². The van der Waals surface area contributed by atoms with E-state index in [4.69, 9.17) is 0 Å². The zero-order valence-corrected chi connectivity index (χ0v) is 14.1. The molecule has 1 saturated heterocycles. The first kappa shape index (κ1) is 16.3. The van der Waals surface area contributed by atoms with Crippen LogP contribution in [0.1, 0.15) is 12.8 Å². The Morgan fingerprint density at radius 1 is 0.885 bits per heavy atom. The molecule has 0 unspecified atom stereocenters. The number of rotatable bonds is 3. The molecule has 0 aliphatic carbocycles. The Hall–Kier alpha value is -3.15. The fourth-order valence-electron chi connectivity index (χ4n) is 2.98. The topological polar surface area (TPSA) is 59.0 Å². The number of carbonyl (C=O) groups is 1. The van der Waals surface area contributed by atoms with E-state index >= 15 is 0 Å². The van der Waals surface area contributed by atoms with Crippen LogP contribution < -0.4 is 4.90 Å². The summed E-state index contributed by atoms with van der Waals surface area (Å²) < 4.78 is 13.3. The molecule has 3 aromatic rings. The molecule has 0 radical (unpaired) electrons. The van der Waals surface area contributed by atoms with Crippen LogP contribution in [0.25, 0.3) is 22.6 Å². The van der Waals surface area contributed by atoms with Crippen LogP contribution >= 0.6 is 0 Å². The predicted octanol–water partition coefficient (Wildman–Crippen LogP) is 3.51. The van der Waals surface area contributed by atoms with Crippen molar-refractivity contribution in [1.82, 2.24) is 15.0 Å². The van der Waals surface area contributed by atoms with Gasteiger partial charge >= 0.3 is 0 Å². The van der Waals surface area contributed by atoms with E-state index in [2.05, 4.69) is 19.9 Å². The maximum Gasteiger partial charge on any atom is 0.162 e. The number of ketones is 1. The predicted molar refractivity (Wildman–Crippen MR) is 97.1 cm³/mol. The van der Waals surface area contributed by atoms with Gasteiger partial charge < -0.3 is 4.90 Å². The molecule has 1 fully saturated rings. The Morgan fingerprint density at radius 3 is 2.27 bits per heavy atom. The molecule has 0 saturated carbocycles. The number of aromatic nitrogens is 3. The number of hydrogen-bond acceptors (Lipinski definition) is 5. The van der Waals surface area contributed by atoms with Crippen molar-refractivity contribution in [2.75, 3.05) is 18.0 Å². The van der Waals surface area contributed by atoms with Gasteiger partial charge in [0.25, 0.3) is 0 Å². The Bertz CT molecular complexity index is 918. The van der Waals surface area contributed by atoms with Gasteiger partial charge in [-0.3, -0.25) is 9.78 Å². The van der Waals surface area contributed by atoms with E-state index in [9.17, 15) is 9.18 Å². The van der Waals surface area contributed by atoms with Crippen molar-refractivity contribution in [2.24, 2.45) is 0 Å². The minimum absolute atomic E-state index is 0.281. The number of anilines is 1. The molecular formula is C20H17FN4O. The molecule has 1 aliphatic heterocycles. The monoisotopic (exact) mass is 348 g/mol. The van der Waals surface area contributed by atoms with E-state index in [1.54, 1.807) is 24.5 Å². The van der Waals surface area contributed by atoms with Gasteiger partial charge in [-0.1, -0.05) is 0 Å². The summed E-state index contributed by atoms with van der Waals surface area (Å²) in [6.45, 7) is 1.29. The minimum atomic E-state index is -0.297. The van der Waals surface area contributed by atoms with Crippen molar-refractivity contribution in [1.29, 1.82) is 0 Å². The average Bonchev–Trinajstić information content (AvgIpc) is 2.69. The molecular weight excluding hydrogens is 331 g/mol. The number of carbonyl (C=O) groups excluding carboxylic acids is 1. The fraction of sp³-hybridized carbons (Fsp3) is 0.200. The fourth-order valence-corrected chi connectivity index (χ4v) is 2.98. The van der Waals surface area contributed by atoms with Gasteiger partial charge in [-0.05, 0) is 36.4 Å². The number of piperidine rings is 1. The zero-order valence-electron chi connectivity index (χ0n) is 14.1. The second-order valence-corrected chi connectivity index (χ2v) is 6.20. The molecule has 4 rings (SSSR count). The SMILES string of the molecule is O=C1CCN(c2cc(-c3ccncc3)nc(-c3ccc(F)cc3)n2)CC1. The number of hydrogen-bond donors (Lipinski definition) is 0. The molecule has 26 heavy (non-hydrogen) atoms. The summed E-state index contributed by atoms with van der Waals surface area (Å²) in [5.74, 6) is 1.29. The second kappa shape index (κ2) is 7.00. The summed E-state index contributed by atoms with van der Waals surface area (Å²) in [7, 11) is 0. The quantitative estimate of drug-likeness (QED) is 0.725. The standard InChI is InChI=1S/C20H17FN4O/c21-16-3-1-15(2-4-16)20-23-18(14-5-9-22-10-6-14)13-19(24-20)25-11-7-17(26)8-12-25/h1-6,9-10,13H,7-8,11-12H2. The minimum Gasteiger partial charge on any atom is -0.356 e. The molecule has 0 bridgehead atoms. The summed E-state index contributed by atoms with van der Waals surface area (Å²) in [5, 5.41) is 0. The first-order valence-electron chi connectivity index (χ1n) is 8.51. The average molecular weight is 348 g/mol. The van der Waals surface area contributed by atoms with E-state index < -0.39 is 0 Å². The highest BCUT2D eigenvalue weighted by molar-refractivity contribution is 5.81. The summed E-state index contributed by atoms with van der Waals surface area (Å²) in [6, 6.07) is 11.8. The number of benzene rings is 1. The molecule has 0 spiro atoms. The van der Waals surface area contributed by atoms with Crippen LogP contribution in [-0.4, -0.2) is 33.8 Å². The van der Waals surface area contributed by atoms with Crippen LogP contribution in [0.3, 0.4) is 0 Å². The van der Waals surface area contributed by atoms with E-state index in [-0.39, 0.29) is 11.6 Å². The molecule has 130 valence electrons. The maximum absolute atomic E-state index is 13.3. The lowest BCUT2D eigenvalue weighted by molar-refractivity contribution is -0.119. The van der Waals surface area contributed by atoms with E-state index in [1.807, 2.05) is 18.2 Å². The van der Waals surface area contributed by atoms with Gasteiger partial charge in [0.05, 0.1) is 5.69 Å². The molecule has 1 aliphatic rings. The van der Waals surface area contributed by atoms with Crippen molar-refractivity contribution in [3.05, 3.63) is 60.7 Å². The smallest absolute Gasteiger partial charge is 0.162 e. The molecule has 5 nitrogen and oxygen atoms in total. The third kappa shape index (κ3) is 3.44. The lowest BCUT2D eigenvalue weighted by Gasteiger charge is -2.27. The highest BCUT2D eigenvalue weighted by Crippen LogP contribution is 2.27. The van der Waals surface area contributed by atoms with Gasteiger partial charge in [0.2, 0.25) is 0 Å². The maximum atomic E-state index is 13.3. The van der Waals surface area contributed by atoms with Crippen LogP contribution in [0.2, 0.25) is 0 Å². The summed E-state index contributed by atoms with van der Waals surface area (Å²) in [5.41, 5.74) is 2.45. The van der Waals surface area contributed by atoms with Crippen LogP contribution in [0.5, 0.6) is 0 Å². The zero-order chi connectivity index (χ0) is 17.9. The number of pyridine rings is 1. The third-order valence-electron chi connectivity index (χ3n) is 4.44. The molecule has 0 N–H and O–H groups in total. The highest BCUT2D eigenvalue weighted by atomic mass is 19.1. The van der Waals surface area contributed by atoms with Gasteiger partial charge in [0.15, 0.2) is 5.82 Å². The van der Waals surface area contributed by atoms with Gasteiger partial charge in [0, 0.05) is 55.5 Å². The summed E-state index contributed by atoms with van der Waals surface area (Å²) in [6.07, 6.45) is 4.49. The lowest BCUT2D eigenvalue weighted by atomic mass is 10.1. The molecule has 0 atom stereocenters. The summed E-state index contributed by atoms with van der Waals surface area (Å²) >= 11 is 0. The van der Waals surface area contributed by atoms with Gasteiger partial charge in [-0.15, -0.1) is 0 Å². The number of Topliss-reactive ketones (excluding diaryl/α,β-unsaturated/α-hetero) is 1. The molecule has 1 aromatic carbocycles. The van der Waals surface area contributed by atoms with Crippen molar-refractivity contribution < 1.29 is 9.18 Å². The first-order valence-corrected chi connectivity index (χ1v) is 8.51. The molecule has 0 amide bonds. The van der Waals surface area contributed by atoms with E-state index in [0.717, 1.165) is 22.6 Å². The Morgan fingerprint density at radius 2 is 1.58 bits per heavy atom. The van der Waals surface area contributed by atoms with E-state index in [1.165, 1.54) is 12.1 Å². The first-order chi connectivity index (χ1) is 12.7. The van der Waals surface area contributed by atoms with Crippen molar-refractivity contribution in [3.63, 3.8) is 0 Å². The summed E-state index contributed by atoms with van der Waals surface area (Å²) in [4.78, 5) is 27.0. The Balaban J connectivity index is 1.79. The Kier molecular flexibility index (Phi) is 4.39. The van der Waals surface area contributed by atoms with E-state index in [0.29, 0.717) is 31.8 Å².